The highest BCUT2D eigenvalue weighted by Gasteiger charge is 2.34. The van der Waals surface area contributed by atoms with Crippen LogP contribution in [0.25, 0.3) is 11.3 Å². The van der Waals surface area contributed by atoms with Gasteiger partial charge in [-0.3, -0.25) is 4.79 Å². The van der Waals surface area contributed by atoms with Crippen LogP contribution in [-0.2, 0) is 6.18 Å². The predicted molar refractivity (Wildman–Crippen MR) is 96.4 cm³/mol. The second-order valence-electron chi connectivity index (χ2n) is 6.03. The summed E-state index contributed by atoms with van der Waals surface area (Å²) in [6.07, 6.45) is -3.57. The van der Waals surface area contributed by atoms with Crippen molar-refractivity contribution >= 4 is 11.6 Å². The largest absolute Gasteiger partial charge is 0.419 e. The molecule has 0 spiro atoms. The zero-order chi connectivity index (χ0) is 20.3. The minimum absolute atomic E-state index is 0.0251. The summed E-state index contributed by atoms with van der Waals surface area (Å²) in [5.41, 5.74) is 0.143. The van der Waals surface area contributed by atoms with Crippen molar-refractivity contribution in [2.45, 2.75) is 13.1 Å². The maximum atomic E-state index is 13.9. The molecule has 0 aliphatic heterocycles. The van der Waals surface area contributed by atoms with Crippen LogP contribution in [0.4, 0.5) is 23.4 Å². The van der Waals surface area contributed by atoms with Crippen molar-refractivity contribution in [3.63, 3.8) is 0 Å². The Labute approximate surface area is 158 Å². The Kier molecular flexibility index (Phi) is 5.39. The van der Waals surface area contributed by atoms with E-state index in [1.807, 2.05) is 0 Å². The zero-order valence-corrected chi connectivity index (χ0v) is 14.7. The fourth-order valence-electron chi connectivity index (χ4n) is 2.70. The van der Waals surface area contributed by atoms with Crippen LogP contribution < -0.4 is 5.32 Å². The molecule has 28 heavy (non-hydrogen) atoms. The minimum Gasteiger partial charge on any atom is -0.362 e. The van der Waals surface area contributed by atoms with Crippen LogP contribution in [0.1, 0.15) is 21.5 Å². The molecule has 1 N–H and O–H groups in total. The maximum absolute atomic E-state index is 13.9. The van der Waals surface area contributed by atoms with Gasteiger partial charge >= 0.3 is 6.18 Å². The fourth-order valence-corrected chi connectivity index (χ4v) is 2.70. The van der Waals surface area contributed by atoms with Crippen LogP contribution in [0, 0.1) is 12.7 Å². The Hall–Kier alpha value is -3.29. The Morgan fingerprint density at radius 3 is 2.43 bits per heavy atom. The number of halogens is 4. The first-order valence-electron chi connectivity index (χ1n) is 8.28. The Balaban J connectivity index is 1.83. The van der Waals surface area contributed by atoms with Crippen molar-refractivity contribution in [3.8, 4) is 11.3 Å². The number of Topliss-reactive ketones (excluding diaryl/α,β-unsaturated/α-hetero) is 1. The lowest BCUT2D eigenvalue weighted by molar-refractivity contribution is -0.139. The van der Waals surface area contributed by atoms with E-state index in [1.165, 1.54) is 6.33 Å². The summed E-state index contributed by atoms with van der Waals surface area (Å²) in [6, 6.07) is 11.3. The first kappa shape index (κ1) is 19.5. The number of carbonyl (C=O) groups is 1. The molecule has 0 saturated carbocycles. The quantitative estimate of drug-likeness (QED) is 0.498. The summed E-state index contributed by atoms with van der Waals surface area (Å²) in [4.78, 5) is 20.3. The third-order valence-electron chi connectivity index (χ3n) is 4.14. The Bertz CT molecular complexity index is 1000. The van der Waals surface area contributed by atoms with Gasteiger partial charge in [-0.15, -0.1) is 0 Å². The van der Waals surface area contributed by atoms with Gasteiger partial charge in [0, 0.05) is 16.7 Å². The first-order valence-corrected chi connectivity index (χ1v) is 8.28. The number of ketones is 1. The van der Waals surface area contributed by atoms with Gasteiger partial charge in [0.2, 0.25) is 0 Å². The number of anilines is 1. The molecule has 8 heteroatoms. The lowest BCUT2D eigenvalue weighted by Gasteiger charge is -2.13. The molecule has 4 nitrogen and oxygen atoms in total. The standard InChI is InChI=1S/C20H15F4N3O/c1-12-18(14-7-8-15(16(21)9-14)20(22,23)24)26-11-27-19(12)25-10-17(28)13-5-3-2-4-6-13/h2-9,11H,10H2,1H3,(H,25,26,27). The van der Waals surface area contributed by atoms with Gasteiger partial charge in [-0.25, -0.2) is 14.4 Å². The van der Waals surface area contributed by atoms with Crippen LogP contribution in [0.15, 0.2) is 54.9 Å². The molecular weight excluding hydrogens is 374 g/mol. The molecule has 0 amide bonds. The topological polar surface area (TPSA) is 54.9 Å². The number of nitrogens with one attached hydrogen (secondary N) is 1. The highest BCUT2D eigenvalue weighted by atomic mass is 19.4. The summed E-state index contributed by atoms with van der Waals surface area (Å²) in [5, 5.41) is 2.90. The molecule has 0 aliphatic rings. The second-order valence-corrected chi connectivity index (χ2v) is 6.03. The van der Waals surface area contributed by atoms with Gasteiger partial charge in [-0.2, -0.15) is 13.2 Å². The maximum Gasteiger partial charge on any atom is 0.419 e. The number of alkyl halides is 3. The van der Waals surface area contributed by atoms with Crippen LogP contribution in [0.5, 0.6) is 0 Å². The molecule has 3 aromatic rings. The van der Waals surface area contributed by atoms with Gasteiger partial charge in [0.25, 0.3) is 0 Å². The summed E-state index contributed by atoms with van der Waals surface area (Å²) in [6.45, 7) is 1.61. The molecule has 144 valence electrons. The smallest absolute Gasteiger partial charge is 0.362 e. The average Bonchev–Trinajstić information content (AvgIpc) is 2.66. The van der Waals surface area contributed by atoms with E-state index in [4.69, 9.17) is 0 Å². The van der Waals surface area contributed by atoms with Gasteiger partial charge in [-0.1, -0.05) is 36.4 Å². The van der Waals surface area contributed by atoms with E-state index in [9.17, 15) is 22.4 Å². The number of hydrogen-bond donors (Lipinski definition) is 1. The van der Waals surface area contributed by atoms with E-state index in [-0.39, 0.29) is 23.6 Å². The summed E-state index contributed by atoms with van der Waals surface area (Å²) < 4.78 is 52.1. The van der Waals surface area contributed by atoms with E-state index in [1.54, 1.807) is 37.3 Å². The van der Waals surface area contributed by atoms with Crippen molar-refractivity contribution in [1.82, 2.24) is 9.97 Å². The third kappa shape index (κ3) is 4.16. The van der Waals surface area contributed by atoms with E-state index in [0.717, 1.165) is 12.1 Å². The van der Waals surface area contributed by atoms with Crippen molar-refractivity contribution in [2.24, 2.45) is 0 Å². The minimum atomic E-state index is -4.77. The van der Waals surface area contributed by atoms with Gasteiger partial charge in [0.1, 0.15) is 18.0 Å². The molecule has 1 heterocycles. The summed E-state index contributed by atoms with van der Waals surface area (Å²) in [7, 11) is 0. The normalized spacial score (nSPS) is 11.3. The summed E-state index contributed by atoms with van der Waals surface area (Å²) >= 11 is 0. The van der Waals surface area contributed by atoms with Crippen LogP contribution in [0.2, 0.25) is 0 Å². The van der Waals surface area contributed by atoms with Gasteiger partial charge in [0.05, 0.1) is 17.8 Å². The van der Waals surface area contributed by atoms with E-state index >= 15 is 0 Å². The van der Waals surface area contributed by atoms with Crippen molar-refractivity contribution in [2.75, 3.05) is 11.9 Å². The molecule has 2 aromatic carbocycles. The van der Waals surface area contributed by atoms with E-state index < -0.39 is 17.6 Å². The lowest BCUT2D eigenvalue weighted by atomic mass is 10.0. The number of rotatable bonds is 5. The molecule has 0 unspecified atom stereocenters. The molecular formula is C20H15F4N3O. The first-order chi connectivity index (χ1) is 13.3. The Morgan fingerprint density at radius 2 is 1.79 bits per heavy atom. The summed E-state index contributed by atoms with van der Waals surface area (Å²) in [5.74, 6) is -1.19. The fraction of sp³-hybridized carbons (Fsp3) is 0.150. The van der Waals surface area contributed by atoms with E-state index in [2.05, 4.69) is 15.3 Å². The number of hydrogen-bond acceptors (Lipinski definition) is 4. The molecule has 0 atom stereocenters. The SMILES string of the molecule is Cc1c(NCC(=O)c2ccccc2)ncnc1-c1ccc(C(F)(F)F)c(F)c1. The van der Waals surface area contributed by atoms with Gasteiger partial charge < -0.3 is 5.32 Å². The molecule has 0 bridgehead atoms. The average molecular weight is 389 g/mol. The van der Waals surface area contributed by atoms with Gasteiger partial charge in [-0.05, 0) is 19.1 Å². The molecule has 0 fully saturated rings. The number of carbonyl (C=O) groups excluding carboxylic acids is 1. The number of benzene rings is 2. The van der Waals surface area contributed by atoms with Crippen molar-refractivity contribution < 1.29 is 22.4 Å². The van der Waals surface area contributed by atoms with E-state index in [0.29, 0.717) is 23.0 Å². The number of aromatic nitrogens is 2. The Morgan fingerprint density at radius 1 is 1.07 bits per heavy atom. The molecule has 0 aliphatic carbocycles. The lowest BCUT2D eigenvalue weighted by Crippen LogP contribution is -2.16. The van der Waals surface area contributed by atoms with Crippen LogP contribution in [-0.4, -0.2) is 22.3 Å². The van der Waals surface area contributed by atoms with Crippen molar-refractivity contribution in [1.29, 1.82) is 0 Å². The van der Waals surface area contributed by atoms with Crippen LogP contribution in [0.3, 0.4) is 0 Å². The van der Waals surface area contributed by atoms with Crippen LogP contribution >= 0.6 is 0 Å². The second kappa shape index (κ2) is 7.75. The highest BCUT2D eigenvalue weighted by Crippen LogP contribution is 2.34. The molecule has 1 aromatic heterocycles. The molecule has 3 rings (SSSR count). The zero-order valence-electron chi connectivity index (χ0n) is 14.7. The highest BCUT2D eigenvalue weighted by molar-refractivity contribution is 5.98. The third-order valence-corrected chi connectivity index (χ3v) is 4.14. The predicted octanol–water partition coefficient (Wildman–Crippen LogP) is 4.90. The van der Waals surface area contributed by atoms with Crippen molar-refractivity contribution in [3.05, 3.63) is 77.4 Å². The molecule has 0 radical (unpaired) electrons. The monoisotopic (exact) mass is 389 g/mol. The van der Waals surface area contributed by atoms with Gasteiger partial charge in [0.15, 0.2) is 5.78 Å². The molecule has 0 saturated heterocycles. The number of nitrogens with zero attached hydrogens (tertiary/aromatic N) is 2.